The number of pyridine rings is 1. The highest BCUT2D eigenvalue weighted by Crippen LogP contribution is 2.42. The molecule has 0 aliphatic carbocycles. The Balaban J connectivity index is 1.47. The van der Waals surface area contributed by atoms with Crippen molar-refractivity contribution in [2.45, 2.75) is 30.6 Å². The number of β-amino-alcohol motifs (C(OH)–C–C–N with tert-alkyl or cyclic N) is 1. The Kier molecular flexibility index (Phi) is 4.65. The average Bonchev–Trinajstić information content (AvgIpc) is 3.20. The Morgan fingerprint density at radius 3 is 3.08 bits per heavy atom. The van der Waals surface area contributed by atoms with Crippen LogP contribution in [0.3, 0.4) is 0 Å². The molecule has 5 nitrogen and oxygen atoms in total. The predicted octanol–water partition coefficient (Wildman–Crippen LogP) is 2.38. The topological polar surface area (TPSA) is 57.6 Å². The maximum Gasteiger partial charge on any atom is 0.130 e. The van der Waals surface area contributed by atoms with Crippen LogP contribution >= 0.6 is 0 Å². The number of aliphatic hydroxyl groups excluding tert-OH is 1. The third kappa shape index (κ3) is 3.20. The number of hydrogen-bond donors (Lipinski definition) is 2. The smallest absolute Gasteiger partial charge is 0.130 e. The van der Waals surface area contributed by atoms with Gasteiger partial charge in [0.2, 0.25) is 0 Å². The summed E-state index contributed by atoms with van der Waals surface area (Å²) in [5.41, 5.74) is 1.47. The van der Waals surface area contributed by atoms with Gasteiger partial charge in [-0.05, 0) is 30.2 Å². The van der Waals surface area contributed by atoms with Crippen LogP contribution < -0.4 is 5.32 Å². The molecule has 2 aliphatic rings. The summed E-state index contributed by atoms with van der Waals surface area (Å²) in [6.07, 6.45) is 1.93. The molecule has 0 amide bonds. The van der Waals surface area contributed by atoms with Crippen molar-refractivity contribution in [2.24, 2.45) is 0 Å². The first-order chi connectivity index (χ1) is 12.6. The lowest BCUT2D eigenvalue weighted by molar-refractivity contribution is -0.0594. The molecular formula is C20H24FN3O2. The molecule has 6 heteroatoms. The molecule has 4 rings (SSSR count). The maximum atomic E-state index is 13.5. The van der Waals surface area contributed by atoms with Gasteiger partial charge < -0.3 is 15.2 Å². The fourth-order valence-electron chi connectivity index (χ4n) is 4.23. The van der Waals surface area contributed by atoms with E-state index in [1.807, 2.05) is 25.2 Å². The second-order valence-corrected chi connectivity index (χ2v) is 7.28. The molecule has 138 valence electrons. The third-order valence-corrected chi connectivity index (χ3v) is 5.54. The first-order valence-corrected chi connectivity index (χ1v) is 9.01. The molecule has 1 aromatic heterocycles. The van der Waals surface area contributed by atoms with Gasteiger partial charge in [-0.3, -0.25) is 4.90 Å². The van der Waals surface area contributed by atoms with Crippen molar-refractivity contribution in [1.82, 2.24) is 9.88 Å². The Bertz CT molecular complexity index is 787. The van der Waals surface area contributed by atoms with Gasteiger partial charge in [0.25, 0.3) is 0 Å². The van der Waals surface area contributed by atoms with Gasteiger partial charge in [-0.1, -0.05) is 18.2 Å². The van der Waals surface area contributed by atoms with Crippen LogP contribution in [0.1, 0.15) is 23.5 Å². The van der Waals surface area contributed by atoms with Crippen LogP contribution in [-0.2, 0) is 11.3 Å². The van der Waals surface area contributed by atoms with Gasteiger partial charge in [0, 0.05) is 44.4 Å². The minimum Gasteiger partial charge on any atom is -0.389 e. The number of halogens is 1. The quantitative estimate of drug-likeness (QED) is 0.880. The number of nitrogens with one attached hydrogen (secondary N) is 1. The van der Waals surface area contributed by atoms with E-state index < -0.39 is 11.7 Å². The summed E-state index contributed by atoms with van der Waals surface area (Å²) < 4.78 is 19.6. The summed E-state index contributed by atoms with van der Waals surface area (Å²) in [6.45, 7) is 2.45. The van der Waals surface area contributed by atoms with Gasteiger partial charge in [0.15, 0.2) is 0 Å². The lowest BCUT2D eigenvalue weighted by Crippen LogP contribution is -2.41. The largest absolute Gasteiger partial charge is 0.389 e. The van der Waals surface area contributed by atoms with E-state index >= 15 is 0 Å². The molecular weight excluding hydrogens is 333 g/mol. The molecule has 0 unspecified atom stereocenters. The molecule has 2 fully saturated rings. The van der Waals surface area contributed by atoms with Gasteiger partial charge in [-0.15, -0.1) is 0 Å². The summed E-state index contributed by atoms with van der Waals surface area (Å²) in [5.74, 6) is 0.743. The minimum atomic E-state index is -0.570. The second kappa shape index (κ2) is 6.95. The highest BCUT2D eigenvalue weighted by atomic mass is 19.1. The molecule has 1 aromatic carbocycles. The van der Waals surface area contributed by atoms with E-state index in [0.29, 0.717) is 32.7 Å². The Morgan fingerprint density at radius 1 is 1.38 bits per heavy atom. The summed E-state index contributed by atoms with van der Waals surface area (Å²) in [5, 5.41) is 13.8. The first kappa shape index (κ1) is 17.4. The lowest BCUT2D eigenvalue weighted by atomic mass is 9.87. The van der Waals surface area contributed by atoms with Crippen molar-refractivity contribution < 1.29 is 14.2 Å². The Labute approximate surface area is 152 Å². The number of rotatable bonds is 4. The normalized spacial score (nSPS) is 28.7. The van der Waals surface area contributed by atoms with Crippen molar-refractivity contribution in [3.8, 4) is 0 Å². The Hall–Kier alpha value is -2.02. The molecule has 0 radical (unpaired) electrons. The van der Waals surface area contributed by atoms with Crippen LogP contribution in [-0.4, -0.2) is 53.4 Å². The lowest BCUT2D eigenvalue weighted by Gasteiger charge is -2.26. The molecule has 2 aromatic rings. The van der Waals surface area contributed by atoms with Crippen LogP contribution in [0.25, 0.3) is 0 Å². The van der Waals surface area contributed by atoms with E-state index in [1.165, 1.54) is 6.07 Å². The fraction of sp³-hybridized carbons (Fsp3) is 0.450. The standard InChI is InChI=1S/C20H24FN3O2/c1-22-19-15(5-3-7-23-19)10-24-11-18(25)20(13-24)9-16(12-26-20)14-4-2-6-17(21)8-14/h2-8,16,18,25H,9-13H2,1H3,(H,22,23)/t16-,18+,20+/m0/s1. The summed E-state index contributed by atoms with van der Waals surface area (Å²) >= 11 is 0. The number of likely N-dealkylation sites (tertiary alicyclic amines) is 1. The molecule has 26 heavy (non-hydrogen) atoms. The third-order valence-electron chi connectivity index (χ3n) is 5.54. The van der Waals surface area contributed by atoms with Gasteiger partial charge in [-0.2, -0.15) is 0 Å². The Morgan fingerprint density at radius 2 is 2.27 bits per heavy atom. The van der Waals surface area contributed by atoms with Crippen LogP contribution in [0.4, 0.5) is 10.2 Å². The molecule has 3 heterocycles. The highest BCUT2D eigenvalue weighted by molar-refractivity contribution is 5.43. The van der Waals surface area contributed by atoms with Crippen molar-refractivity contribution in [2.75, 3.05) is 32.1 Å². The van der Waals surface area contributed by atoms with Gasteiger partial charge in [-0.25, -0.2) is 9.37 Å². The van der Waals surface area contributed by atoms with Crippen molar-refractivity contribution >= 4 is 5.82 Å². The number of aromatic nitrogens is 1. The number of anilines is 1. The van der Waals surface area contributed by atoms with E-state index in [9.17, 15) is 9.50 Å². The van der Waals surface area contributed by atoms with E-state index in [-0.39, 0.29) is 11.7 Å². The van der Waals surface area contributed by atoms with Crippen LogP contribution in [0.5, 0.6) is 0 Å². The monoisotopic (exact) mass is 357 g/mol. The van der Waals surface area contributed by atoms with Crippen LogP contribution in [0.2, 0.25) is 0 Å². The second-order valence-electron chi connectivity index (χ2n) is 7.28. The predicted molar refractivity (Wildman–Crippen MR) is 97.5 cm³/mol. The fourth-order valence-corrected chi connectivity index (χ4v) is 4.23. The van der Waals surface area contributed by atoms with Crippen molar-refractivity contribution in [1.29, 1.82) is 0 Å². The van der Waals surface area contributed by atoms with E-state index in [1.54, 1.807) is 18.3 Å². The molecule has 2 N–H and O–H groups in total. The van der Waals surface area contributed by atoms with Gasteiger partial charge in [0.1, 0.15) is 17.2 Å². The molecule has 1 spiro atoms. The molecule has 2 aliphatic heterocycles. The number of aliphatic hydroxyl groups is 1. The van der Waals surface area contributed by atoms with E-state index in [0.717, 1.165) is 16.9 Å². The van der Waals surface area contributed by atoms with Crippen molar-refractivity contribution in [3.63, 3.8) is 0 Å². The summed E-state index contributed by atoms with van der Waals surface area (Å²) in [4.78, 5) is 6.55. The molecule has 3 atom stereocenters. The molecule has 2 saturated heterocycles. The van der Waals surface area contributed by atoms with Crippen molar-refractivity contribution in [3.05, 3.63) is 59.5 Å². The van der Waals surface area contributed by atoms with Crippen LogP contribution in [0.15, 0.2) is 42.6 Å². The number of benzene rings is 1. The SMILES string of the molecule is CNc1ncccc1CN1C[C@@H](O)[C@@]2(C[C@H](c3cccc(F)c3)CO2)C1. The number of hydrogen-bond acceptors (Lipinski definition) is 5. The van der Waals surface area contributed by atoms with Crippen LogP contribution in [0, 0.1) is 5.82 Å². The summed E-state index contributed by atoms with van der Waals surface area (Å²) in [6, 6.07) is 10.7. The van der Waals surface area contributed by atoms with Gasteiger partial charge in [0.05, 0.1) is 12.7 Å². The number of nitrogens with zero attached hydrogens (tertiary/aromatic N) is 2. The zero-order valence-corrected chi connectivity index (χ0v) is 14.9. The maximum absolute atomic E-state index is 13.5. The number of ether oxygens (including phenoxy) is 1. The van der Waals surface area contributed by atoms with E-state index in [4.69, 9.17) is 4.74 Å². The highest BCUT2D eigenvalue weighted by Gasteiger charge is 2.52. The summed E-state index contributed by atoms with van der Waals surface area (Å²) in [7, 11) is 1.86. The zero-order chi connectivity index (χ0) is 18.1. The molecule has 0 saturated carbocycles. The zero-order valence-electron chi connectivity index (χ0n) is 14.9. The average molecular weight is 357 g/mol. The minimum absolute atomic E-state index is 0.117. The molecule has 0 bridgehead atoms. The first-order valence-electron chi connectivity index (χ1n) is 9.01. The van der Waals surface area contributed by atoms with E-state index in [2.05, 4.69) is 15.2 Å². The van der Waals surface area contributed by atoms with Gasteiger partial charge >= 0.3 is 0 Å².